The lowest BCUT2D eigenvalue weighted by molar-refractivity contribution is 0.0943. The first-order valence-corrected chi connectivity index (χ1v) is 6.72. The molecule has 0 aliphatic carbocycles. The highest BCUT2D eigenvalue weighted by atomic mass is 32.2. The van der Waals surface area contributed by atoms with Crippen LogP contribution in [0.15, 0.2) is 23.1 Å². The molecule has 0 saturated carbocycles. The summed E-state index contributed by atoms with van der Waals surface area (Å²) in [5.74, 6) is 1.23. The fourth-order valence-electron chi connectivity index (χ4n) is 1.85. The Balaban J connectivity index is 2.19. The predicted octanol–water partition coefficient (Wildman–Crippen LogP) is 2.86. The van der Waals surface area contributed by atoms with Crippen molar-refractivity contribution in [2.24, 2.45) is 0 Å². The molecule has 1 heterocycles. The summed E-state index contributed by atoms with van der Waals surface area (Å²) in [6.45, 7) is 3.96. The lowest BCUT2D eigenvalue weighted by Gasteiger charge is -2.16. The highest BCUT2D eigenvalue weighted by Gasteiger charge is 2.13. The smallest absolute Gasteiger partial charge is 0.251 e. The van der Waals surface area contributed by atoms with E-state index in [2.05, 4.69) is 11.4 Å². The van der Waals surface area contributed by atoms with Crippen molar-refractivity contribution >= 4 is 17.7 Å². The zero-order valence-corrected chi connectivity index (χ0v) is 10.6. The van der Waals surface area contributed by atoms with Gasteiger partial charge in [-0.2, -0.15) is 0 Å². The predicted molar refractivity (Wildman–Crippen MR) is 68.1 cm³/mol. The Morgan fingerprint density at radius 2 is 2.25 bits per heavy atom. The highest BCUT2D eigenvalue weighted by Crippen LogP contribution is 2.30. The second-order valence-corrected chi connectivity index (χ2v) is 5.54. The average molecular weight is 235 g/mol. The molecule has 1 aromatic rings. The van der Waals surface area contributed by atoms with Crippen molar-refractivity contribution in [3.05, 3.63) is 29.3 Å². The molecule has 0 bridgehead atoms. The van der Waals surface area contributed by atoms with Gasteiger partial charge >= 0.3 is 0 Å². The van der Waals surface area contributed by atoms with Gasteiger partial charge in [0, 0.05) is 16.5 Å². The van der Waals surface area contributed by atoms with Crippen molar-refractivity contribution in [3.8, 4) is 0 Å². The Hall–Kier alpha value is -0.960. The number of carbonyl (C=O) groups excluding carboxylic acids is 1. The van der Waals surface area contributed by atoms with E-state index in [1.54, 1.807) is 0 Å². The molecule has 0 saturated heterocycles. The maximum absolute atomic E-state index is 11.8. The number of amides is 1. The molecule has 2 nitrogen and oxygen atoms in total. The largest absolute Gasteiger partial charge is 0.350 e. The first kappa shape index (κ1) is 11.5. The Morgan fingerprint density at radius 1 is 1.44 bits per heavy atom. The minimum absolute atomic E-state index is 0.0355. The van der Waals surface area contributed by atoms with E-state index in [0.717, 1.165) is 12.0 Å². The molecule has 0 unspecified atom stereocenters. The third-order valence-electron chi connectivity index (χ3n) is 2.59. The van der Waals surface area contributed by atoms with Crippen LogP contribution in [0.1, 0.15) is 36.2 Å². The van der Waals surface area contributed by atoms with Crippen molar-refractivity contribution in [2.45, 2.75) is 37.6 Å². The quantitative estimate of drug-likeness (QED) is 0.854. The standard InChI is InChI=1S/C13H17NOS/c1-9(2)14-13(15)11-5-6-12-10(8-11)4-3-7-16-12/h5-6,8-9H,3-4,7H2,1-2H3,(H,14,15). The second-order valence-electron chi connectivity index (χ2n) is 4.40. The van der Waals surface area contributed by atoms with Crippen LogP contribution in [0.25, 0.3) is 0 Å². The van der Waals surface area contributed by atoms with Gasteiger partial charge < -0.3 is 5.32 Å². The SMILES string of the molecule is CC(C)NC(=O)c1ccc2c(c1)CCCS2. The number of benzene rings is 1. The Morgan fingerprint density at radius 3 is 3.00 bits per heavy atom. The van der Waals surface area contributed by atoms with Crippen molar-refractivity contribution in [2.75, 3.05) is 5.75 Å². The maximum Gasteiger partial charge on any atom is 0.251 e. The summed E-state index contributed by atoms with van der Waals surface area (Å²) in [6, 6.07) is 6.24. The minimum atomic E-state index is 0.0355. The van der Waals surface area contributed by atoms with Crippen molar-refractivity contribution in [1.29, 1.82) is 0 Å². The van der Waals surface area contributed by atoms with E-state index in [4.69, 9.17) is 0 Å². The molecule has 0 atom stereocenters. The number of carbonyl (C=O) groups is 1. The van der Waals surface area contributed by atoms with Crippen LogP contribution in [0.4, 0.5) is 0 Å². The van der Waals surface area contributed by atoms with E-state index >= 15 is 0 Å². The van der Waals surface area contributed by atoms with Crippen LogP contribution in [0.2, 0.25) is 0 Å². The van der Waals surface area contributed by atoms with Crippen molar-refractivity contribution in [1.82, 2.24) is 5.32 Å². The van der Waals surface area contributed by atoms with Gasteiger partial charge in [0.2, 0.25) is 0 Å². The summed E-state index contributed by atoms with van der Waals surface area (Å²) in [7, 11) is 0. The van der Waals surface area contributed by atoms with Crippen LogP contribution in [-0.2, 0) is 6.42 Å². The number of nitrogens with one attached hydrogen (secondary N) is 1. The summed E-state index contributed by atoms with van der Waals surface area (Å²) >= 11 is 1.89. The summed E-state index contributed by atoms with van der Waals surface area (Å²) in [4.78, 5) is 13.2. The summed E-state index contributed by atoms with van der Waals surface area (Å²) in [6.07, 6.45) is 2.32. The average Bonchev–Trinajstić information content (AvgIpc) is 2.27. The molecule has 3 heteroatoms. The number of hydrogen-bond donors (Lipinski definition) is 1. The molecule has 1 aliphatic heterocycles. The molecule has 1 amide bonds. The molecule has 0 radical (unpaired) electrons. The number of thioether (sulfide) groups is 1. The zero-order chi connectivity index (χ0) is 11.5. The third kappa shape index (κ3) is 2.59. The number of fused-ring (bicyclic) bond motifs is 1. The van der Waals surface area contributed by atoms with Crippen LogP contribution in [0.5, 0.6) is 0 Å². The van der Waals surface area contributed by atoms with Gasteiger partial charge in [0.15, 0.2) is 0 Å². The van der Waals surface area contributed by atoms with E-state index in [9.17, 15) is 4.79 Å². The Bertz CT molecular complexity index is 401. The van der Waals surface area contributed by atoms with Gasteiger partial charge in [-0.05, 0) is 56.2 Å². The molecule has 1 aliphatic rings. The zero-order valence-electron chi connectivity index (χ0n) is 9.75. The molecule has 16 heavy (non-hydrogen) atoms. The van der Waals surface area contributed by atoms with E-state index < -0.39 is 0 Å². The van der Waals surface area contributed by atoms with Gasteiger partial charge in [0.25, 0.3) is 5.91 Å². The number of rotatable bonds is 2. The first-order valence-electron chi connectivity index (χ1n) is 5.73. The summed E-state index contributed by atoms with van der Waals surface area (Å²) in [5.41, 5.74) is 2.11. The lowest BCUT2D eigenvalue weighted by Crippen LogP contribution is -2.30. The normalized spacial score (nSPS) is 14.7. The van der Waals surface area contributed by atoms with Gasteiger partial charge in [0.05, 0.1) is 0 Å². The van der Waals surface area contributed by atoms with Crippen LogP contribution in [0.3, 0.4) is 0 Å². The fourth-order valence-corrected chi connectivity index (χ4v) is 2.87. The molecule has 0 spiro atoms. The van der Waals surface area contributed by atoms with E-state index in [0.29, 0.717) is 0 Å². The van der Waals surface area contributed by atoms with Crippen molar-refractivity contribution in [3.63, 3.8) is 0 Å². The molecule has 86 valence electrons. The molecule has 1 aromatic carbocycles. The van der Waals surface area contributed by atoms with Crippen LogP contribution >= 0.6 is 11.8 Å². The molecule has 1 N–H and O–H groups in total. The van der Waals surface area contributed by atoms with Gasteiger partial charge in [-0.1, -0.05) is 0 Å². The Kier molecular flexibility index (Phi) is 3.54. The van der Waals surface area contributed by atoms with Gasteiger partial charge in [0.1, 0.15) is 0 Å². The van der Waals surface area contributed by atoms with Crippen LogP contribution in [0, 0.1) is 0 Å². The molecular formula is C13H17NOS. The Labute approximate surface area is 101 Å². The maximum atomic E-state index is 11.8. The monoisotopic (exact) mass is 235 g/mol. The first-order chi connectivity index (χ1) is 7.66. The van der Waals surface area contributed by atoms with E-state index in [-0.39, 0.29) is 11.9 Å². The van der Waals surface area contributed by atoms with Gasteiger partial charge in [-0.15, -0.1) is 11.8 Å². The number of aryl methyl sites for hydroxylation is 1. The fraction of sp³-hybridized carbons (Fsp3) is 0.462. The summed E-state index contributed by atoms with van der Waals surface area (Å²) < 4.78 is 0. The van der Waals surface area contributed by atoms with Crippen molar-refractivity contribution < 1.29 is 4.79 Å². The van der Waals surface area contributed by atoms with Crippen LogP contribution in [-0.4, -0.2) is 17.7 Å². The third-order valence-corrected chi connectivity index (χ3v) is 3.79. The van der Waals surface area contributed by atoms with E-state index in [1.165, 1.54) is 22.6 Å². The number of hydrogen-bond acceptors (Lipinski definition) is 2. The molecule has 2 rings (SSSR count). The minimum Gasteiger partial charge on any atom is -0.350 e. The lowest BCUT2D eigenvalue weighted by atomic mass is 10.1. The highest BCUT2D eigenvalue weighted by molar-refractivity contribution is 7.99. The van der Waals surface area contributed by atoms with Gasteiger partial charge in [-0.3, -0.25) is 4.79 Å². The molecule has 0 fully saturated rings. The summed E-state index contributed by atoms with van der Waals surface area (Å²) in [5, 5.41) is 2.92. The second kappa shape index (κ2) is 4.91. The molecular weight excluding hydrogens is 218 g/mol. The topological polar surface area (TPSA) is 29.1 Å². The molecule has 0 aromatic heterocycles. The van der Waals surface area contributed by atoms with Gasteiger partial charge in [-0.25, -0.2) is 0 Å². The van der Waals surface area contributed by atoms with Crippen LogP contribution < -0.4 is 5.32 Å². The van der Waals surface area contributed by atoms with E-state index in [1.807, 2.05) is 37.7 Å².